The quantitative estimate of drug-likeness (QED) is 0.883. The van der Waals surface area contributed by atoms with Gasteiger partial charge in [-0.15, -0.1) is 12.4 Å². The Morgan fingerprint density at radius 3 is 2.63 bits per heavy atom. The molecule has 5 nitrogen and oxygen atoms in total. The molecule has 1 aromatic rings. The van der Waals surface area contributed by atoms with Crippen molar-refractivity contribution < 1.29 is 4.79 Å². The molecule has 2 rings (SSSR count). The molecule has 0 unspecified atom stereocenters. The SMILES string of the molecule is CC(C)(C)n1nc(C(=O)NCCN)cc1C1CC1.Cl. The minimum absolute atomic E-state index is 0. The Labute approximate surface area is 120 Å². The largest absolute Gasteiger partial charge is 0.349 e. The maximum Gasteiger partial charge on any atom is 0.271 e. The van der Waals surface area contributed by atoms with Gasteiger partial charge in [-0.25, -0.2) is 0 Å². The number of nitrogens with two attached hydrogens (primary N) is 1. The van der Waals surface area contributed by atoms with Gasteiger partial charge in [-0.1, -0.05) is 0 Å². The molecule has 6 heteroatoms. The van der Waals surface area contributed by atoms with Crippen LogP contribution < -0.4 is 11.1 Å². The van der Waals surface area contributed by atoms with Crippen LogP contribution in [0.1, 0.15) is 55.7 Å². The number of hydrogen-bond acceptors (Lipinski definition) is 3. The molecule has 0 radical (unpaired) electrons. The average Bonchev–Trinajstić information content (AvgIpc) is 3.03. The van der Waals surface area contributed by atoms with Crippen LogP contribution >= 0.6 is 12.4 Å². The molecule has 0 spiro atoms. The number of carbonyl (C=O) groups is 1. The van der Waals surface area contributed by atoms with Crippen molar-refractivity contribution in [2.24, 2.45) is 5.73 Å². The van der Waals surface area contributed by atoms with Gasteiger partial charge in [0.1, 0.15) is 5.69 Å². The molecule has 108 valence electrons. The molecule has 0 atom stereocenters. The number of amides is 1. The van der Waals surface area contributed by atoms with E-state index in [4.69, 9.17) is 5.73 Å². The van der Waals surface area contributed by atoms with Crippen LogP contribution in [0.3, 0.4) is 0 Å². The van der Waals surface area contributed by atoms with Gasteiger partial charge >= 0.3 is 0 Å². The number of halogens is 1. The van der Waals surface area contributed by atoms with E-state index >= 15 is 0 Å². The molecule has 1 aliphatic carbocycles. The number of nitrogens with zero attached hydrogens (tertiary/aromatic N) is 2. The Hall–Kier alpha value is -1.07. The van der Waals surface area contributed by atoms with Crippen molar-refractivity contribution in [2.75, 3.05) is 13.1 Å². The van der Waals surface area contributed by atoms with E-state index in [1.54, 1.807) is 0 Å². The monoisotopic (exact) mass is 286 g/mol. The number of carbonyl (C=O) groups excluding carboxylic acids is 1. The van der Waals surface area contributed by atoms with Crippen molar-refractivity contribution in [3.8, 4) is 0 Å². The van der Waals surface area contributed by atoms with Crippen LogP contribution in [-0.2, 0) is 5.54 Å². The third-order valence-electron chi connectivity index (χ3n) is 3.03. The molecule has 1 aromatic heterocycles. The molecular weight excluding hydrogens is 264 g/mol. The van der Waals surface area contributed by atoms with Crippen molar-refractivity contribution in [1.82, 2.24) is 15.1 Å². The normalized spacial score (nSPS) is 14.9. The highest BCUT2D eigenvalue weighted by Crippen LogP contribution is 2.41. The summed E-state index contributed by atoms with van der Waals surface area (Å²) < 4.78 is 1.99. The number of hydrogen-bond donors (Lipinski definition) is 2. The predicted octanol–water partition coefficient (Wildman–Crippen LogP) is 1.63. The fourth-order valence-electron chi connectivity index (χ4n) is 1.99. The summed E-state index contributed by atoms with van der Waals surface area (Å²) in [5, 5.41) is 7.22. The molecule has 3 N–H and O–H groups in total. The molecule has 1 heterocycles. The first kappa shape index (κ1) is 16.0. The molecule has 1 aliphatic rings. The van der Waals surface area contributed by atoms with Gasteiger partial charge in [0.15, 0.2) is 0 Å². The molecule has 0 bridgehead atoms. The highest BCUT2D eigenvalue weighted by atomic mass is 35.5. The van der Waals surface area contributed by atoms with E-state index in [9.17, 15) is 4.79 Å². The zero-order chi connectivity index (χ0) is 13.3. The van der Waals surface area contributed by atoms with E-state index < -0.39 is 0 Å². The molecular formula is C13H23ClN4O. The van der Waals surface area contributed by atoms with Crippen LogP contribution in [0.2, 0.25) is 0 Å². The summed E-state index contributed by atoms with van der Waals surface area (Å²) in [4.78, 5) is 11.9. The van der Waals surface area contributed by atoms with E-state index in [0.29, 0.717) is 24.7 Å². The Morgan fingerprint density at radius 2 is 2.16 bits per heavy atom. The second-order valence-corrected chi connectivity index (χ2v) is 5.86. The second kappa shape index (κ2) is 5.92. The molecule has 1 saturated carbocycles. The first-order valence-electron chi connectivity index (χ1n) is 6.52. The third-order valence-corrected chi connectivity index (χ3v) is 3.03. The van der Waals surface area contributed by atoms with E-state index in [0.717, 1.165) is 0 Å². The van der Waals surface area contributed by atoms with Crippen molar-refractivity contribution in [3.63, 3.8) is 0 Å². The zero-order valence-electron chi connectivity index (χ0n) is 11.8. The summed E-state index contributed by atoms with van der Waals surface area (Å²) in [6.07, 6.45) is 2.40. The lowest BCUT2D eigenvalue weighted by atomic mass is 10.1. The van der Waals surface area contributed by atoms with Gasteiger partial charge in [0.05, 0.1) is 5.54 Å². The average molecular weight is 287 g/mol. The first-order valence-corrected chi connectivity index (χ1v) is 6.52. The fourth-order valence-corrected chi connectivity index (χ4v) is 1.99. The minimum atomic E-state index is -0.134. The van der Waals surface area contributed by atoms with E-state index in [1.807, 2.05) is 10.7 Å². The number of aromatic nitrogens is 2. The highest BCUT2D eigenvalue weighted by molar-refractivity contribution is 5.92. The summed E-state index contributed by atoms with van der Waals surface area (Å²) in [6.45, 7) is 7.25. The van der Waals surface area contributed by atoms with Crippen LogP contribution in [0.4, 0.5) is 0 Å². The zero-order valence-corrected chi connectivity index (χ0v) is 12.6. The highest BCUT2D eigenvalue weighted by Gasteiger charge is 2.32. The lowest BCUT2D eigenvalue weighted by Gasteiger charge is -2.22. The Balaban J connectivity index is 0.00000180. The molecule has 0 saturated heterocycles. The predicted molar refractivity (Wildman–Crippen MR) is 77.8 cm³/mol. The summed E-state index contributed by atoms with van der Waals surface area (Å²) in [6, 6.07) is 1.93. The topological polar surface area (TPSA) is 72.9 Å². The van der Waals surface area contributed by atoms with Gasteiger partial charge < -0.3 is 11.1 Å². The van der Waals surface area contributed by atoms with Crippen molar-refractivity contribution in [1.29, 1.82) is 0 Å². The van der Waals surface area contributed by atoms with Crippen LogP contribution in [0, 0.1) is 0 Å². The number of nitrogens with one attached hydrogen (secondary N) is 1. The van der Waals surface area contributed by atoms with Gasteiger partial charge in [-0.05, 0) is 39.7 Å². The molecule has 1 amide bonds. The van der Waals surface area contributed by atoms with E-state index in [1.165, 1.54) is 18.5 Å². The fraction of sp³-hybridized carbons (Fsp3) is 0.692. The summed E-state index contributed by atoms with van der Waals surface area (Å²) in [5.74, 6) is 0.443. The molecule has 1 fully saturated rings. The molecule has 0 aliphatic heterocycles. The van der Waals surface area contributed by atoms with Gasteiger partial charge in [-0.3, -0.25) is 9.48 Å². The van der Waals surface area contributed by atoms with Crippen LogP contribution in [0.25, 0.3) is 0 Å². The minimum Gasteiger partial charge on any atom is -0.349 e. The molecule has 19 heavy (non-hydrogen) atoms. The van der Waals surface area contributed by atoms with Crippen LogP contribution in [-0.4, -0.2) is 28.8 Å². The van der Waals surface area contributed by atoms with Crippen LogP contribution in [0.5, 0.6) is 0 Å². The van der Waals surface area contributed by atoms with Gasteiger partial charge in [0.2, 0.25) is 0 Å². The third kappa shape index (κ3) is 3.70. The van der Waals surface area contributed by atoms with E-state index in [-0.39, 0.29) is 23.9 Å². The van der Waals surface area contributed by atoms with Gasteiger partial charge in [0.25, 0.3) is 5.91 Å². The molecule has 0 aromatic carbocycles. The van der Waals surface area contributed by atoms with Crippen molar-refractivity contribution >= 4 is 18.3 Å². The smallest absolute Gasteiger partial charge is 0.271 e. The standard InChI is InChI=1S/C13H22N4O.ClH/c1-13(2,3)17-11(9-4-5-9)8-10(16-17)12(18)15-7-6-14;/h8-9H,4-7,14H2,1-3H3,(H,15,18);1H. The summed E-state index contributed by atoms with van der Waals surface area (Å²) in [7, 11) is 0. The number of rotatable bonds is 4. The Morgan fingerprint density at radius 1 is 1.53 bits per heavy atom. The summed E-state index contributed by atoms with van der Waals surface area (Å²) in [5.41, 5.74) is 6.97. The van der Waals surface area contributed by atoms with E-state index in [2.05, 4.69) is 31.2 Å². The second-order valence-electron chi connectivity index (χ2n) is 5.86. The maximum absolute atomic E-state index is 11.9. The van der Waals surface area contributed by atoms with Gasteiger partial charge in [-0.2, -0.15) is 5.10 Å². The lowest BCUT2D eigenvalue weighted by Crippen LogP contribution is -2.30. The summed E-state index contributed by atoms with van der Waals surface area (Å²) >= 11 is 0. The van der Waals surface area contributed by atoms with Crippen molar-refractivity contribution in [2.45, 2.75) is 45.1 Å². The lowest BCUT2D eigenvalue weighted by molar-refractivity contribution is 0.0948. The van der Waals surface area contributed by atoms with Crippen molar-refractivity contribution in [3.05, 3.63) is 17.5 Å². The first-order chi connectivity index (χ1) is 8.43. The van der Waals surface area contributed by atoms with Crippen LogP contribution in [0.15, 0.2) is 6.07 Å². The van der Waals surface area contributed by atoms with Gasteiger partial charge in [0, 0.05) is 24.7 Å². The maximum atomic E-state index is 11.9. The Kier molecular flexibility index (Phi) is 4.98. The Bertz CT molecular complexity index is 446.